The molecular weight excluding hydrogens is 431 g/mol. The van der Waals surface area contributed by atoms with Gasteiger partial charge in [-0.05, 0) is 0 Å². The van der Waals surface area contributed by atoms with Crippen LogP contribution in [0.4, 0.5) is 0 Å². The van der Waals surface area contributed by atoms with E-state index in [1.54, 1.807) is 0 Å². The maximum atomic E-state index is 10.5. The van der Waals surface area contributed by atoms with Gasteiger partial charge in [-0.2, -0.15) is 0 Å². The Bertz CT molecular complexity index is 551. The third-order valence-corrected chi connectivity index (χ3v) is 4.54. The van der Waals surface area contributed by atoms with Crippen LogP contribution in [-0.2, 0) is 18.6 Å². The van der Waals surface area contributed by atoms with Gasteiger partial charge in [0, 0.05) is 0 Å². The van der Waals surface area contributed by atoms with E-state index in [-0.39, 0.29) is 0 Å². The third kappa shape index (κ3) is 6.55. The smallest absolute Gasteiger partial charge is 0.394 e. The van der Waals surface area contributed by atoms with Crippen molar-refractivity contribution in [3.05, 3.63) is 0 Å². The normalized spacial score (nSPS) is 46.0. The van der Waals surface area contributed by atoms with Crippen LogP contribution in [-0.4, -0.2) is 135 Å². The molecule has 0 unspecified atom stereocenters. The molecule has 0 bridgehead atoms. The van der Waals surface area contributed by atoms with Crippen molar-refractivity contribution in [2.24, 2.45) is 0 Å². The molecule has 0 saturated carbocycles. The highest BCUT2D eigenvalue weighted by Crippen LogP contribution is 2.44. The van der Waals surface area contributed by atoms with Crippen molar-refractivity contribution in [3.63, 3.8) is 0 Å². The van der Waals surface area contributed by atoms with E-state index in [4.69, 9.17) is 40.4 Å². The molecule has 2 heterocycles. The zero-order valence-corrected chi connectivity index (χ0v) is 15.5. The van der Waals surface area contributed by atoms with Gasteiger partial charge in [0.25, 0.3) is 0 Å². The molecule has 29 heavy (non-hydrogen) atoms. The topological polar surface area (TPSA) is 288 Å². The molecule has 0 radical (unpaired) electrons. The molecule has 0 aromatic heterocycles. The first-order chi connectivity index (χ1) is 13.2. The van der Waals surface area contributed by atoms with Crippen LogP contribution in [0, 0.1) is 0 Å². The number of hydrogen-bond donors (Lipinski definition) is 12. The maximum Gasteiger partial charge on any atom is 0.474 e. The van der Waals surface area contributed by atoms with Crippen LogP contribution < -0.4 is 0 Å². The molecule has 0 amide bonds. The summed E-state index contributed by atoms with van der Waals surface area (Å²) in [5.74, 6) is -3.23. The van der Waals surface area contributed by atoms with Crippen molar-refractivity contribution in [1.29, 1.82) is 0 Å². The zero-order valence-electron chi connectivity index (χ0n) is 14.6. The first-order valence-corrected chi connectivity index (χ1v) is 9.51. The lowest BCUT2D eigenvalue weighted by Gasteiger charge is -2.43. The SMILES string of the molecule is O=P(O)(O)O[C@@]1(O)O[C@H](CO)[C@H](O)[C@H](O)[C@H]1O.OC[C@H]1O[C@H](O)[C@H](O)[C@@H](O)[C@H]1O. The second-order valence-corrected chi connectivity index (χ2v) is 7.36. The number of hydrogen-bond acceptors (Lipinski definition) is 14. The molecule has 2 aliphatic rings. The Labute approximate surface area is 162 Å². The molecular formula is C12H25O16P. The summed E-state index contributed by atoms with van der Waals surface area (Å²) in [6.45, 7) is -1.40. The van der Waals surface area contributed by atoms with Crippen LogP contribution in [0.25, 0.3) is 0 Å². The first kappa shape index (κ1) is 26.7. The second kappa shape index (κ2) is 10.3. The number of aliphatic hydroxyl groups is 10. The number of phosphoric ester groups is 1. The van der Waals surface area contributed by atoms with Gasteiger partial charge < -0.3 is 70.3 Å². The van der Waals surface area contributed by atoms with E-state index in [2.05, 4.69) is 14.0 Å². The van der Waals surface area contributed by atoms with E-state index in [1.165, 1.54) is 0 Å². The van der Waals surface area contributed by atoms with Gasteiger partial charge in [-0.3, -0.25) is 0 Å². The summed E-state index contributed by atoms with van der Waals surface area (Å²) in [5, 5.41) is 90.8. The Hall–Kier alpha value is -0.370. The van der Waals surface area contributed by atoms with Crippen molar-refractivity contribution < 1.29 is 79.4 Å². The van der Waals surface area contributed by atoms with Gasteiger partial charge in [0.15, 0.2) is 12.4 Å². The predicted molar refractivity (Wildman–Crippen MR) is 84.0 cm³/mol. The standard InChI is InChI=1S/C6H13O10P.C6H12O6/c7-1-2-3(8)4(9)5(10)6(11,15-2)16-17(12,13)14;7-1-2-3(8)4(9)5(10)6(11)12-2/h2-5,7-11H,1H2,(H2,12,13,14);2-11H,1H2/t2*2-,3+,4+,5-,6+/m11/s1. The van der Waals surface area contributed by atoms with E-state index >= 15 is 0 Å². The number of phosphoric acid groups is 1. The van der Waals surface area contributed by atoms with Crippen molar-refractivity contribution in [1.82, 2.24) is 0 Å². The molecule has 2 saturated heterocycles. The summed E-state index contributed by atoms with van der Waals surface area (Å²) in [7, 11) is -5.23. The molecule has 174 valence electrons. The largest absolute Gasteiger partial charge is 0.474 e. The molecule has 0 spiro atoms. The molecule has 16 nitrogen and oxygen atoms in total. The van der Waals surface area contributed by atoms with Crippen LogP contribution in [0.15, 0.2) is 0 Å². The van der Waals surface area contributed by atoms with Gasteiger partial charge in [-0.1, -0.05) is 0 Å². The Morgan fingerprint density at radius 2 is 1.28 bits per heavy atom. The monoisotopic (exact) mass is 456 g/mol. The minimum atomic E-state index is -5.23. The highest BCUT2D eigenvalue weighted by Gasteiger charge is 2.56. The molecule has 0 aromatic rings. The summed E-state index contributed by atoms with van der Waals surface area (Å²) < 4.78 is 23.3. The fraction of sp³-hybridized carbons (Fsp3) is 1.00. The fourth-order valence-electron chi connectivity index (χ4n) is 2.45. The zero-order chi connectivity index (χ0) is 22.7. The highest BCUT2D eigenvalue weighted by atomic mass is 31.2. The van der Waals surface area contributed by atoms with E-state index in [1.807, 2.05) is 0 Å². The van der Waals surface area contributed by atoms with Crippen molar-refractivity contribution in [2.75, 3.05) is 13.2 Å². The Balaban J connectivity index is 0.000000308. The molecule has 0 aromatic carbocycles. The van der Waals surface area contributed by atoms with Crippen molar-refractivity contribution in [2.45, 2.75) is 61.1 Å². The van der Waals surface area contributed by atoms with E-state index in [0.29, 0.717) is 0 Å². The second-order valence-electron chi connectivity index (χ2n) is 6.20. The number of ether oxygens (including phenoxy) is 2. The summed E-state index contributed by atoms with van der Waals surface area (Å²) in [5.41, 5.74) is 0. The molecule has 2 aliphatic heterocycles. The molecule has 10 atom stereocenters. The van der Waals surface area contributed by atoms with Gasteiger partial charge in [0.2, 0.25) is 0 Å². The summed E-state index contributed by atoms with van der Waals surface area (Å²) in [6, 6.07) is 0. The van der Waals surface area contributed by atoms with Gasteiger partial charge in [0.1, 0.15) is 42.7 Å². The minimum absolute atomic E-state index is 0.526. The lowest BCUT2D eigenvalue weighted by atomic mass is 9.98. The van der Waals surface area contributed by atoms with E-state index in [0.717, 1.165) is 0 Å². The molecule has 12 N–H and O–H groups in total. The van der Waals surface area contributed by atoms with E-state index in [9.17, 15) is 25.0 Å². The molecule has 17 heteroatoms. The fourth-order valence-corrected chi connectivity index (χ4v) is 2.94. The molecule has 0 aliphatic carbocycles. The average molecular weight is 456 g/mol. The van der Waals surface area contributed by atoms with Gasteiger partial charge in [-0.15, -0.1) is 0 Å². The lowest BCUT2D eigenvalue weighted by molar-refractivity contribution is -0.425. The third-order valence-electron chi connectivity index (χ3n) is 4.05. The Morgan fingerprint density at radius 3 is 1.72 bits per heavy atom. The van der Waals surface area contributed by atoms with Gasteiger partial charge in [-0.25, -0.2) is 9.09 Å². The minimum Gasteiger partial charge on any atom is -0.394 e. The van der Waals surface area contributed by atoms with Crippen LogP contribution in [0.2, 0.25) is 0 Å². The van der Waals surface area contributed by atoms with Gasteiger partial charge in [0.05, 0.1) is 13.2 Å². The average Bonchev–Trinajstić information content (AvgIpc) is 2.63. The van der Waals surface area contributed by atoms with Crippen LogP contribution in [0.5, 0.6) is 0 Å². The van der Waals surface area contributed by atoms with Crippen LogP contribution >= 0.6 is 7.82 Å². The maximum absolute atomic E-state index is 10.5. The quantitative estimate of drug-likeness (QED) is 0.138. The highest BCUT2D eigenvalue weighted by molar-refractivity contribution is 7.46. The summed E-state index contributed by atoms with van der Waals surface area (Å²) in [4.78, 5) is 17.0. The lowest BCUT2D eigenvalue weighted by Crippen LogP contribution is -2.65. The van der Waals surface area contributed by atoms with Gasteiger partial charge >= 0.3 is 13.8 Å². The summed E-state index contributed by atoms with van der Waals surface area (Å²) in [6.07, 6.45) is -14.7. The van der Waals surface area contributed by atoms with Crippen molar-refractivity contribution in [3.8, 4) is 0 Å². The first-order valence-electron chi connectivity index (χ1n) is 7.98. The number of aliphatic hydroxyl groups excluding tert-OH is 9. The Morgan fingerprint density at radius 1 is 0.793 bits per heavy atom. The van der Waals surface area contributed by atoms with Crippen LogP contribution in [0.1, 0.15) is 0 Å². The Kier molecular flexibility index (Phi) is 9.46. The van der Waals surface area contributed by atoms with Crippen molar-refractivity contribution >= 4 is 7.82 Å². The number of rotatable bonds is 4. The predicted octanol–water partition coefficient (Wildman–Crippen LogP) is -7.01. The summed E-state index contributed by atoms with van der Waals surface area (Å²) >= 11 is 0. The van der Waals surface area contributed by atoms with Crippen LogP contribution in [0.3, 0.4) is 0 Å². The molecule has 2 rings (SSSR count). The molecule has 2 fully saturated rings. The van der Waals surface area contributed by atoms with E-state index < -0.39 is 82.1 Å².